The maximum absolute atomic E-state index is 12.7. The van der Waals surface area contributed by atoms with Crippen LogP contribution in [-0.4, -0.2) is 37.3 Å². The molecule has 1 aromatic heterocycles. The summed E-state index contributed by atoms with van der Waals surface area (Å²) in [5, 5.41) is 0. The minimum absolute atomic E-state index is 0.143. The van der Waals surface area contributed by atoms with Crippen molar-refractivity contribution in [2.45, 2.75) is 11.4 Å². The molecular weight excluding hydrogens is 374 g/mol. The SMILES string of the molecule is COc1cc(-c2ccc(SC)cc2)cc2c1OCCN(C(=O)c1ccco1)C2. The molecule has 4 rings (SSSR count). The average Bonchev–Trinajstić information content (AvgIpc) is 3.19. The lowest BCUT2D eigenvalue weighted by Gasteiger charge is -2.19. The molecule has 144 valence electrons. The maximum Gasteiger partial charge on any atom is 0.289 e. The molecule has 28 heavy (non-hydrogen) atoms. The standard InChI is InChI=1S/C22H21NO4S/c1-25-20-13-16(15-5-7-18(28-2)8-6-15)12-17-14-23(9-11-27-21(17)20)22(24)19-4-3-10-26-19/h3-8,10,12-13H,9,11,14H2,1-2H3. The zero-order chi connectivity index (χ0) is 19.5. The van der Waals surface area contributed by atoms with Crippen LogP contribution in [0.1, 0.15) is 16.1 Å². The number of thioether (sulfide) groups is 1. The number of methoxy groups -OCH3 is 1. The second kappa shape index (κ2) is 8.02. The van der Waals surface area contributed by atoms with Gasteiger partial charge in [0.05, 0.1) is 26.5 Å². The molecule has 0 atom stereocenters. The van der Waals surface area contributed by atoms with Gasteiger partial charge in [-0.3, -0.25) is 4.79 Å². The van der Waals surface area contributed by atoms with Crippen molar-refractivity contribution < 1.29 is 18.7 Å². The fourth-order valence-electron chi connectivity index (χ4n) is 3.31. The Hall–Kier alpha value is -2.86. The number of carbonyl (C=O) groups excluding carboxylic acids is 1. The Labute approximate surface area is 168 Å². The van der Waals surface area contributed by atoms with Crippen LogP contribution in [0.4, 0.5) is 0 Å². The van der Waals surface area contributed by atoms with Crippen LogP contribution < -0.4 is 9.47 Å². The van der Waals surface area contributed by atoms with E-state index in [4.69, 9.17) is 13.9 Å². The molecule has 5 nitrogen and oxygen atoms in total. The van der Waals surface area contributed by atoms with Gasteiger partial charge >= 0.3 is 0 Å². The number of hydrogen-bond acceptors (Lipinski definition) is 5. The molecule has 1 aliphatic heterocycles. The van der Waals surface area contributed by atoms with E-state index in [1.807, 2.05) is 6.07 Å². The van der Waals surface area contributed by atoms with Gasteiger partial charge in [-0.15, -0.1) is 11.8 Å². The molecule has 0 saturated heterocycles. The second-order valence-electron chi connectivity index (χ2n) is 6.45. The summed E-state index contributed by atoms with van der Waals surface area (Å²) >= 11 is 1.71. The molecule has 2 aromatic carbocycles. The van der Waals surface area contributed by atoms with E-state index >= 15 is 0 Å². The molecule has 6 heteroatoms. The van der Waals surface area contributed by atoms with Crippen LogP contribution >= 0.6 is 11.8 Å². The van der Waals surface area contributed by atoms with Gasteiger partial charge < -0.3 is 18.8 Å². The summed E-state index contributed by atoms with van der Waals surface area (Å²) in [6.45, 7) is 1.31. The molecule has 0 aliphatic carbocycles. The molecule has 0 unspecified atom stereocenters. The van der Waals surface area contributed by atoms with E-state index in [9.17, 15) is 4.79 Å². The molecule has 0 bridgehead atoms. The van der Waals surface area contributed by atoms with Crippen molar-refractivity contribution in [3.63, 3.8) is 0 Å². The number of nitrogens with zero attached hydrogens (tertiary/aromatic N) is 1. The van der Waals surface area contributed by atoms with Crippen LogP contribution in [0.2, 0.25) is 0 Å². The number of fused-ring (bicyclic) bond motifs is 1. The highest BCUT2D eigenvalue weighted by Crippen LogP contribution is 2.38. The Morgan fingerprint density at radius 1 is 1.14 bits per heavy atom. The Bertz CT molecular complexity index is 967. The summed E-state index contributed by atoms with van der Waals surface area (Å²) in [5.74, 6) is 1.56. The summed E-state index contributed by atoms with van der Waals surface area (Å²) in [4.78, 5) is 15.7. The largest absolute Gasteiger partial charge is 0.493 e. The minimum Gasteiger partial charge on any atom is -0.493 e. The molecule has 0 spiro atoms. The molecule has 0 N–H and O–H groups in total. The van der Waals surface area contributed by atoms with Gasteiger partial charge in [0.1, 0.15) is 6.61 Å². The van der Waals surface area contributed by atoms with E-state index in [0.29, 0.717) is 37.0 Å². The highest BCUT2D eigenvalue weighted by molar-refractivity contribution is 7.98. The Balaban J connectivity index is 1.70. The van der Waals surface area contributed by atoms with E-state index in [1.54, 1.807) is 35.9 Å². The minimum atomic E-state index is -0.143. The highest BCUT2D eigenvalue weighted by Gasteiger charge is 2.25. The first kappa shape index (κ1) is 18.5. The summed E-state index contributed by atoms with van der Waals surface area (Å²) in [6.07, 6.45) is 3.57. The average molecular weight is 395 g/mol. The molecule has 2 heterocycles. The van der Waals surface area contributed by atoms with E-state index in [2.05, 4.69) is 36.6 Å². The van der Waals surface area contributed by atoms with Gasteiger partial charge in [-0.1, -0.05) is 12.1 Å². The normalized spacial score (nSPS) is 13.4. The predicted molar refractivity (Wildman–Crippen MR) is 109 cm³/mol. The lowest BCUT2D eigenvalue weighted by atomic mass is 10.0. The van der Waals surface area contributed by atoms with Crippen molar-refractivity contribution in [3.8, 4) is 22.6 Å². The molecule has 1 aliphatic rings. The molecule has 0 radical (unpaired) electrons. The molecular formula is C22H21NO4S. The zero-order valence-corrected chi connectivity index (χ0v) is 16.6. The van der Waals surface area contributed by atoms with Gasteiger partial charge in [0.2, 0.25) is 0 Å². The van der Waals surface area contributed by atoms with Crippen molar-refractivity contribution in [3.05, 3.63) is 66.1 Å². The third kappa shape index (κ3) is 3.60. The van der Waals surface area contributed by atoms with Gasteiger partial charge in [0.25, 0.3) is 5.91 Å². The van der Waals surface area contributed by atoms with Gasteiger partial charge in [0.15, 0.2) is 17.3 Å². The number of carbonyl (C=O) groups is 1. The summed E-state index contributed by atoms with van der Waals surface area (Å²) < 4.78 is 16.8. The van der Waals surface area contributed by atoms with Gasteiger partial charge in [-0.25, -0.2) is 0 Å². The number of rotatable bonds is 4. The number of amides is 1. The number of hydrogen-bond donors (Lipinski definition) is 0. The van der Waals surface area contributed by atoms with Gasteiger partial charge in [-0.2, -0.15) is 0 Å². The number of benzene rings is 2. The Morgan fingerprint density at radius 3 is 2.64 bits per heavy atom. The molecule has 0 saturated carbocycles. The van der Waals surface area contributed by atoms with Gasteiger partial charge in [0, 0.05) is 10.5 Å². The van der Waals surface area contributed by atoms with Crippen molar-refractivity contribution in [1.29, 1.82) is 0 Å². The van der Waals surface area contributed by atoms with Crippen molar-refractivity contribution >= 4 is 17.7 Å². The van der Waals surface area contributed by atoms with Crippen LogP contribution in [0, 0.1) is 0 Å². The molecule has 0 fully saturated rings. The van der Waals surface area contributed by atoms with Crippen LogP contribution in [0.25, 0.3) is 11.1 Å². The molecule has 1 amide bonds. The quantitative estimate of drug-likeness (QED) is 0.599. The van der Waals surface area contributed by atoms with E-state index in [-0.39, 0.29) is 5.91 Å². The first-order valence-corrected chi connectivity index (χ1v) is 10.2. The van der Waals surface area contributed by atoms with Crippen LogP contribution in [0.5, 0.6) is 11.5 Å². The lowest BCUT2D eigenvalue weighted by molar-refractivity contribution is 0.0701. The monoisotopic (exact) mass is 395 g/mol. The van der Waals surface area contributed by atoms with E-state index < -0.39 is 0 Å². The highest BCUT2D eigenvalue weighted by atomic mass is 32.2. The van der Waals surface area contributed by atoms with Crippen LogP contribution in [0.3, 0.4) is 0 Å². The first-order chi connectivity index (χ1) is 13.7. The summed E-state index contributed by atoms with van der Waals surface area (Å²) in [5.41, 5.74) is 3.03. The fraction of sp³-hybridized carbons (Fsp3) is 0.227. The van der Waals surface area contributed by atoms with Crippen LogP contribution in [0.15, 0.2) is 64.1 Å². The smallest absolute Gasteiger partial charge is 0.289 e. The first-order valence-electron chi connectivity index (χ1n) is 9.00. The van der Waals surface area contributed by atoms with Crippen molar-refractivity contribution in [2.24, 2.45) is 0 Å². The topological polar surface area (TPSA) is 51.9 Å². The molecule has 3 aromatic rings. The van der Waals surface area contributed by atoms with E-state index in [1.165, 1.54) is 11.2 Å². The zero-order valence-electron chi connectivity index (χ0n) is 15.8. The third-order valence-corrected chi connectivity index (χ3v) is 5.51. The third-order valence-electron chi connectivity index (χ3n) is 4.76. The summed E-state index contributed by atoms with van der Waals surface area (Å²) in [7, 11) is 1.64. The number of furan rings is 1. The van der Waals surface area contributed by atoms with E-state index in [0.717, 1.165) is 16.7 Å². The Morgan fingerprint density at radius 2 is 1.96 bits per heavy atom. The Kier molecular flexibility index (Phi) is 5.30. The number of ether oxygens (including phenoxy) is 2. The van der Waals surface area contributed by atoms with Crippen molar-refractivity contribution in [1.82, 2.24) is 4.90 Å². The van der Waals surface area contributed by atoms with Crippen molar-refractivity contribution in [2.75, 3.05) is 26.5 Å². The maximum atomic E-state index is 12.7. The second-order valence-corrected chi connectivity index (χ2v) is 7.33. The van der Waals surface area contributed by atoms with Gasteiger partial charge in [-0.05, 0) is 53.8 Å². The lowest BCUT2D eigenvalue weighted by Crippen LogP contribution is -2.32. The predicted octanol–water partition coefficient (Wildman–Crippen LogP) is 4.71. The van der Waals surface area contributed by atoms with Crippen LogP contribution in [-0.2, 0) is 6.54 Å². The fourth-order valence-corrected chi connectivity index (χ4v) is 3.72. The summed E-state index contributed by atoms with van der Waals surface area (Å²) in [6, 6.07) is 15.8.